The van der Waals surface area contributed by atoms with Crippen molar-refractivity contribution in [1.29, 1.82) is 0 Å². The van der Waals surface area contributed by atoms with Crippen LogP contribution in [-0.2, 0) is 20.7 Å². The minimum atomic E-state index is -1.58. The van der Waals surface area contributed by atoms with E-state index in [-0.39, 0.29) is 11.2 Å². The highest BCUT2D eigenvalue weighted by atomic mass is 32.1. The third-order valence-electron chi connectivity index (χ3n) is 25.8. The van der Waals surface area contributed by atoms with Gasteiger partial charge >= 0.3 is 0 Å². The van der Waals surface area contributed by atoms with E-state index in [9.17, 15) is 0 Å². The van der Waals surface area contributed by atoms with Gasteiger partial charge in [-0.15, -0.1) is 45.3 Å². The standard InChI is InChI=1S/C104H176O2S4Si2/c1-13-19-23-27-31-35-39-43-47-51-55-59-63-67-71-79-103(105-17-5,80-72-68-64-60-56-52-48-44-40-36-32-28-24-20-14-2)97-99(107-93-85-95(109-101(93)97)111(7,8)9)87-75-77-89-91(83-87)90-78-76-88(84-92(89)90)100-98(102-94(108-100)86-96(110-102)112(10,11)12)104(106-18-6,81-73-69-65-61-57-53-49-45-41-37-33-29-25-21-15-3)82-74-70-66-62-58-54-50-46-42-38-34-30-26-22-16-4/h75-78,83-86H,13-74,79-82H2,1-12H3. The molecule has 1 aliphatic carbocycles. The van der Waals surface area contributed by atoms with Crippen LogP contribution >= 0.6 is 45.3 Å². The Kier molecular flexibility index (Phi) is 49.1. The zero-order valence-electron chi connectivity index (χ0n) is 75.7. The van der Waals surface area contributed by atoms with Gasteiger partial charge in [-0.2, -0.15) is 0 Å². The summed E-state index contributed by atoms with van der Waals surface area (Å²) in [5, 5.41) is 5.74. The number of unbranched alkanes of at least 4 members (excludes halogenated alkanes) is 56. The molecule has 6 aromatic rings. The first kappa shape index (κ1) is 97.2. The summed E-state index contributed by atoms with van der Waals surface area (Å²) in [5.41, 5.74) is 5.32. The second-order valence-electron chi connectivity index (χ2n) is 37.9. The fourth-order valence-corrected chi connectivity index (χ4v) is 28.4. The summed E-state index contributed by atoms with van der Waals surface area (Å²) >= 11 is 8.52. The van der Waals surface area contributed by atoms with Gasteiger partial charge in [0.15, 0.2) is 0 Å². The number of ether oxygens (including phenoxy) is 2. The van der Waals surface area contributed by atoms with Crippen molar-refractivity contribution in [1.82, 2.24) is 0 Å². The van der Waals surface area contributed by atoms with Crippen LogP contribution in [0.2, 0.25) is 39.3 Å². The van der Waals surface area contributed by atoms with Gasteiger partial charge in [-0.25, -0.2) is 0 Å². The lowest BCUT2D eigenvalue weighted by Crippen LogP contribution is -2.34. The predicted molar refractivity (Wildman–Crippen MR) is 516 cm³/mol. The molecule has 2 aromatic carbocycles. The van der Waals surface area contributed by atoms with Gasteiger partial charge in [0.25, 0.3) is 0 Å². The molecule has 7 rings (SSSR count). The summed E-state index contributed by atoms with van der Waals surface area (Å²) in [4.78, 5) is 2.98. The molecule has 0 atom stereocenters. The Balaban J connectivity index is 1.15. The topological polar surface area (TPSA) is 18.5 Å². The Hall–Kier alpha value is -1.89. The lowest BCUT2D eigenvalue weighted by molar-refractivity contribution is -0.0590. The number of hydrogen-bond acceptors (Lipinski definition) is 6. The number of hydrogen-bond donors (Lipinski definition) is 0. The average Bonchev–Trinajstić information content (AvgIpc) is 1.40. The summed E-state index contributed by atoms with van der Waals surface area (Å²) in [6, 6.07) is 20.7. The van der Waals surface area contributed by atoms with Gasteiger partial charge in [-0.05, 0) is 105 Å². The molecule has 0 N–H and O–H groups in total. The molecule has 0 unspecified atom stereocenters. The van der Waals surface area contributed by atoms with Crippen LogP contribution in [0.1, 0.15) is 464 Å². The van der Waals surface area contributed by atoms with E-state index in [1.807, 2.05) is 0 Å². The molecule has 8 heteroatoms. The molecule has 0 saturated carbocycles. The van der Waals surface area contributed by atoms with Crippen LogP contribution in [0, 0.1) is 20.9 Å². The highest BCUT2D eigenvalue weighted by molar-refractivity contribution is 7.37. The number of rotatable bonds is 74. The third-order valence-corrected chi connectivity index (χ3v) is 37.9. The van der Waals surface area contributed by atoms with Crippen LogP contribution in [0.25, 0.3) is 39.7 Å². The van der Waals surface area contributed by atoms with Crippen molar-refractivity contribution in [3.05, 3.63) is 80.5 Å². The number of thiophene rings is 4. The molecule has 0 bridgehead atoms. The maximum Gasteiger partial charge on any atom is 0.0959 e. The Morgan fingerprint density at radius 2 is 0.446 bits per heavy atom. The van der Waals surface area contributed by atoms with Crippen LogP contribution in [0.15, 0.2) is 48.5 Å². The fraction of sp³-hybridized carbons (Fsp3) is 0.769. The minimum Gasteiger partial charge on any atom is -0.370 e. The molecule has 4 heterocycles. The molecule has 4 aromatic heterocycles. The number of benzene rings is 2. The quantitative estimate of drug-likeness (QED) is 0.0279. The Bertz CT molecular complexity index is 3260. The van der Waals surface area contributed by atoms with E-state index in [2.05, 4.69) is 175 Å². The predicted octanol–water partition coefficient (Wildman–Crippen LogP) is 37.1. The Labute approximate surface area is 710 Å². The second kappa shape index (κ2) is 56.6. The van der Waals surface area contributed by atoms with Gasteiger partial charge < -0.3 is 9.47 Å². The van der Waals surface area contributed by atoms with Crippen LogP contribution < -0.4 is 9.00 Å². The van der Waals surface area contributed by atoms with Crippen molar-refractivity contribution in [2.45, 2.75) is 503 Å². The first-order chi connectivity index (χ1) is 54.7. The molecule has 636 valence electrons. The van der Waals surface area contributed by atoms with Gasteiger partial charge in [0.05, 0.1) is 36.7 Å². The van der Waals surface area contributed by atoms with Crippen molar-refractivity contribution >= 4 is 89.3 Å². The second-order valence-corrected chi connectivity index (χ2v) is 52.9. The minimum absolute atomic E-state index is 0.302. The monoisotopic (exact) mass is 1640 g/mol. The highest BCUT2D eigenvalue weighted by Crippen LogP contribution is 2.54. The lowest BCUT2D eigenvalue weighted by Gasteiger charge is -2.35. The van der Waals surface area contributed by atoms with Gasteiger partial charge in [0, 0.05) is 43.5 Å². The van der Waals surface area contributed by atoms with E-state index in [1.54, 1.807) is 29.5 Å². The maximum atomic E-state index is 7.60. The van der Waals surface area contributed by atoms with Crippen LogP contribution in [0.3, 0.4) is 0 Å². The maximum absolute atomic E-state index is 7.60. The third kappa shape index (κ3) is 33.6. The van der Waals surface area contributed by atoms with Crippen molar-refractivity contribution in [3.63, 3.8) is 0 Å². The van der Waals surface area contributed by atoms with Gasteiger partial charge in [-0.1, -0.05) is 476 Å². The number of fused-ring (bicyclic) bond motifs is 4. The van der Waals surface area contributed by atoms with Crippen LogP contribution in [-0.4, -0.2) is 29.4 Å². The van der Waals surface area contributed by atoms with Crippen molar-refractivity contribution < 1.29 is 9.47 Å². The van der Waals surface area contributed by atoms with Gasteiger partial charge in [-0.3, -0.25) is 0 Å². The van der Waals surface area contributed by atoms with E-state index in [4.69, 9.17) is 9.47 Å². The average molecular weight is 1640 g/mol. The summed E-state index contributed by atoms with van der Waals surface area (Å²) in [6.07, 6.45) is 88.3. The SMILES string of the molecule is CCCCCCCCCCCCCCCCCC(CCCCCCCCCCCCCCCCC)(OCC)c1c(-c2ccc3c(c2)=c2ccc(-c4sc5cc([Si](C)(C)C)sc5c4C(CCCCCCCCCCCCCCCCC)(CCCCCCCCCCCCCCCCC)OCC)cc2=3)sc2cc([Si](C)(C)C)sc12. The first-order valence-corrected chi connectivity index (χ1v) is 59.7. The van der Waals surface area contributed by atoms with E-state index < -0.39 is 16.1 Å². The summed E-state index contributed by atoms with van der Waals surface area (Å²) in [6.45, 7) is 30.8. The molecule has 0 saturated heterocycles. The zero-order chi connectivity index (χ0) is 79.8. The van der Waals surface area contributed by atoms with Crippen molar-refractivity contribution in [3.8, 4) is 20.9 Å². The van der Waals surface area contributed by atoms with E-state index in [1.165, 1.54) is 436 Å². The molecule has 0 aliphatic heterocycles. The molecule has 0 amide bonds. The summed E-state index contributed by atoms with van der Waals surface area (Å²) < 4.78 is 24.6. The first-order valence-electron chi connectivity index (χ1n) is 49.4. The molecule has 0 spiro atoms. The molecular weight excluding hydrogens is 1470 g/mol. The highest BCUT2D eigenvalue weighted by Gasteiger charge is 2.41. The van der Waals surface area contributed by atoms with Gasteiger partial charge in [0.1, 0.15) is 0 Å². The Morgan fingerprint density at radius 1 is 0.241 bits per heavy atom. The van der Waals surface area contributed by atoms with Crippen LogP contribution in [0.4, 0.5) is 0 Å². The zero-order valence-corrected chi connectivity index (χ0v) is 81.0. The largest absolute Gasteiger partial charge is 0.370 e. The molecule has 1 aliphatic rings. The molecule has 0 radical (unpaired) electrons. The van der Waals surface area contributed by atoms with Crippen LogP contribution in [0.5, 0.6) is 0 Å². The summed E-state index contributed by atoms with van der Waals surface area (Å²) in [7, 11) is -3.15. The molecule has 112 heavy (non-hydrogen) atoms. The van der Waals surface area contributed by atoms with Crippen molar-refractivity contribution in [2.24, 2.45) is 0 Å². The Morgan fingerprint density at radius 3 is 0.643 bits per heavy atom. The van der Waals surface area contributed by atoms with E-state index >= 15 is 0 Å². The molecule has 0 fully saturated rings. The normalized spacial score (nSPS) is 12.8. The van der Waals surface area contributed by atoms with E-state index in [0.29, 0.717) is 0 Å². The fourth-order valence-electron chi connectivity index (χ4n) is 18.8. The van der Waals surface area contributed by atoms with Crippen molar-refractivity contribution in [2.75, 3.05) is 13.2 Å². The van der Waals surface area contributed by atoms with Gasteiger partial charge in [0.2, 0.25) is 0 Å². The summed E-state index contributed by atoms with van der Waals surface area (Å²) in [5.74, 6) is 0. The molecular formula is C104H176O2S4Si2. The van der Waals surface area contributed by atoms with E-state index in [0.717, 1.165) is 38.9 Å². The smallest absolute Gasteiger partial charge is 0.0959 e. The lowest BCUT2D eigenvalue weighted by atomic mass is 9.81. The molecule has 2 nitrogen and oxygen atoms in total.